The molecule has 2 fully saturated rings. The van der Waals surface area contributed by atoms with Gasteiger partial charge in [-0.25, -0.2) is 9.78 Å². The number of piperazine rings is 1. The SMILES string of the molecule is Cc1sc(N2CCN(C3CCCC3)CC2)nc1C(=O)O. The number of rotatable bonds is 3. The molecule has 1 aliphatic carbocycles. The van der Waals surface area contributed by atoms with E-state index < -0.39 is 5.97 Å². The molecule has 0 spiro atoms. The van der Waals surface area contributed by atoms with Crippen LogP contribution in [0.5, 0.6) is 0 Å². The third-order valence-corrected chi connectivity index (χ3v) is 5.45. The zero-order chi connectivity index (χ0) is 14.1. The number of thiazole rings is 1. The van der Waals surface area contributed by atoms with Gasteiger partial charge in [-0.15, -0.1) is 11.3 Å². The summed E-state index contributed by atoms with van der Waals surface area (Å²) >= 11 is 1.50. The molecule has 2 heterocycles. The standard InChI is InChI=1S/C14H21N3O2S/c1-10-12(13(18)19)15-14(20-10)17-8-6-16(7-9-17)11-4-2-3-5-11/h11H,2-9H2,1H3,(H,18,19). The van der Waals surface area contributed by atoms with Crippen LogP contribution >= 0.6 is 11.3 Å². The Morgan fingerprint density at radius 1 is 1.25 bits per heavy atom. The van der Waals surface area contributed by atoms with Crippen LogP contribution in [0, 0.1) is 6.92 Å². The second-order valence-corrected chi connectivity index (χ2v) is 6.85. The van der Waals surface area contributed by atoms with Crippen molar-refractivity contribution < 1.29 is 9.90 Å². The maximum absolute atomic E-state index is 11.1. The highest BCUT2D eigenvalue weighted by atomic mass is 32.1. The number of carboxylic acid groups (broad SMARTS) is 1. The fourth-order valence-electron chi connectivity index (χ4n) is 3.26. The van der Waals surface area contributed by atoms with E-state index in [0.717, 1.165) is 42.2 Å². The number of carboxylic acids is 1. The Kier molecular flexibility index (Phi) is 3.94. The van der Waals surface area contributed by atoms with Gasteiger partial charge in [0.15, 0.2) is 10.8 Å². The van der Waals surface area contributed by atoms with Crippen molar-refractivity contribution in [1.29, 1.82) is 0 Å². The Hall–Kier alpha value is -1.14. The third-order valence-electron chi connectivity index (χ3n) is 4.41. The van der Waals surface area contributed by atoms with Gasteiger partial charge in [0.1, 0.15) is 0 Å². The summed E-state index contributed by atoms with van der Waals surface area (Å²) in [6.45, 7) is 5.90. The van der Waals surface area contributed by atoms with E-state index in [-0.39, 0.29) is 5.69 Å². The van der Waals surface area contributed by atoms with E-state index in [9.17, 15) is 4.79 Å². The van der Waals surface area contributed by atoms with Crippen molar-refractivity contribution in [2.45, 2.75) is 38.6 Å². The van der Waals surface area contributed by atoms with Gasteiger partial charge in [-0.3, -0.25) is 4.90 Å². The van der Waals surface area contributed by atoms with Crippen molar-refractivity contribution >= 4 is 22.4 Å². The Bertz CT molecular complexity index is 489. The molecule has 2 aliphatic rings. The fraction of sp³-hybridized carbons (Fsp3) is 0.714. The first-order valence-electron chi connectivity index (χ1n) is 7.35. The number of aryl methyl sites for hydroxylation is 1. The molecule has 1 aromatic rings. The minimum atomic E-state index is -0.922. The lowest BCUT2D eigenvalue weighted by Crippen LogP contribution is -2.49. The van der Waals surface area contributed by atoms with E-state index in [0.29, 0.717) is 0 Å². The molecule has 0 radical (unpaired) electrons. The number of nitrogens with zero attached hydrogens (tertiary/aromatic N) is 3. The van der Waals surface area contributed by atoms with Crippen LogP contribution in [0.3, 0.4) is 0 Å². The molecule has 6 heteroatoms. The zero-order valence-corrected chi connectivity index (χ0v) is 12.7. The first-order chi connectivity index (χ1) is 9.65. The van der Waals surface area contributed by atoms with Gasteiger partial charge in [-0.1, -0.05) is 12.8 Å². The van der Waals surface area contributed by atoms with Crippen molar-refractivity contribution in [1.82, 2.24) is 9.88 Å². The highest BCUT2D eigenvalue weighted by Gasteiger charge is 2.27. The lowest BCUT2D eigenvalue weighted by atomic mass is 10.2. The maximum atomic E-state index is 11.1. The zero-order valence-electron chi connectivity index (χ0n) is 11.8. The number of hydrogen-bond acceptors (Lipinski definition) is 5. The van der Waals surface area contributed by atoms with Gasteiger partial charge in [-0.2, -0.15) is 0 Å². The average molecular weight is 295 g/mol. The molecule has 1 saturated heterocycles. The third kappa shape index (κ3) is 2.67. The first-order valence-corrected chi connectivity index (χ1v) is 8.16. The summed E-state index contributed by atoms with van der Waals surface area (Å²) in [6, 6.07) is 0.782. The topological polar surface area (TPSA) is 56.7 Å². The van der Waals surface area contributed by atoms with E-state index in [1.807, 2.05) is 6.92 Å². The van der Waals surface area contributed by atoms with Crippen molar-refractivity contribution in [3.05, 3.63) is 10.6 Å². The summed E-state index contributed by atoms with van der Waals surface area (Å²) in [5, 5.41) is 9.95. The van der Waals surface area contributed by atoms with Gasteiger partial charge in [0.25, 0.3) is 0 Å². The molecule has 1 aromatic heterocycles. The largest absolute Gasteiger partial charge is 0.476 e. The van der Waals surface area contributed by atoms with Crippen LogP contribution in [0.15, 0.2) is 0 Å². The Morgan fingerprint density at radius 2 is 1.90 bits per heavy atom. The molecule has 1 N–H and O–H groups in total. The number of aromatic carboxylic acids is 1. The molecule has 5 nitrogen and oxygen atoms in total. The molecule has 0 unspecified atom stereocenters. The van der Waals surface area contributed by atoms with Crippen LogP contribution in [-0.4, -0.2) is 53.2 Å². The number of aromatic nitrogens is 1. The molecule has 1 saturated carbocycles. The number of anilines is 1. The van der Waals surface area contributed by atoms with Crippen molar-refractivity contribution in [3.63, 3.8) is 0 Å². The van der Waals surface area contributed by atoms with Crippen LogP contribution in [0.1, 0.15) is 41.0 Å². The molecule has 20 heavy (non-hydrogen) atoms. The minimum Gasteiger partial charge on any atom is -0.476 e. The quantitative estimate of drug-likeness (QED) is 0.926. The lowest BCUT2D eigenvalue weighted by Gasteiger charge is -2.37. The predicted molar refractivity (Wildman–Crippen MR) is 79.9 cm³/mol. The highest BCUT2D eigenvalue weighted by molar-refractivity contribution is 7.15. The molecule has 110 valence electrons. The molecule has 0 aromatic carbocycles. The van der Waals surface area contributed by atoms with Gasteiger partial charge in [0.2, 0.25) is 0 Å². The Balaban J connectivity index is 1.62. The summed E-state index contributed by atoms with van der Waals surface area (Å²) in [5.74, 6) is -0.922. The van der Waals surface area contributed by atoms with Crippen LogP contribution in [0.2, 0.25) is 0 Å². The van der Waals surface area contributed by atoms with Crippen LogP contribution in [-0.2, 0) is 0 Å². The van der Waals surface area contributed by atoms with Crippen molar-refractivity contribution in [3.8, 4) is 0 Å². The normalized spacial score (nSPS) is 21.6. The molecule has 0 atom stereocenters. The highest BCUT2D eigenvalue weighted by Crippen LogP contribution is 2.29. The van der Waals surface area contributed by atoms with Crippen LogP contribution < -0.4 is 4.90 Å². The summed E-state index contributed by atoms with van der Waals surface area (Å²) in [6.07, 6.45) is 5.44. The van der Waals surface area contributed by atoms with Gasteiger partial charge in [0.05, 0.1) is 0 Å². The molecule has 3 rings (SSSR count). The van der Waals surface area contributed by atoms with E-state index in [1.165, 1.54) is 37.0 Å². The monoisotopic (exact) mass is 295 g/mol. The summed E-state index contributed by atoms with van der Waals surface area (Å²) in [4.78, 5) is 21.0. The molecule has 1 aliphatic heterocycles. The predicted octanol–water partition coefficient (Wildman–Crippen LogP) is 2.21. The van der Waals surface area contributed by atoms with Crippen LogP contribution in [0.25, 0.3) is 0 Å². The van der Waals surface area contributed by atoms with Gasteiger partial charge in [0, 0.05) is 37.1 Å². The average Bonchev–Trinajstić information content (AvgIpc) is 3.08. The Morgan fingerprint density at radius 3 is 2.45 bits per heavy atom. The maximum Gasteiger partial charge on any atom is 0.355 e. The summed E-state index contributed by atoms with van der Waals surface area (Å²) in [5.41, 5.74) is 0.211. The summed E-state index contributed by atoms with van der Waals surface area (Å²) < 4.78 is 0. The van der Waals surface area contributed by atoms with Gasteiger partial charge in [-0.05, 0) is 19.8 Å². The van der Waals surface area contributed by atoms with E-state index in [2.05, 4.69) is 14.8 Å². The van der Waals surface area contributed by atoms with Gasteiger partial charge >= 0.3 is 5.97 Å². The fourth-order valence-corrected chi connectivity index (χ4v) is 4.22. The second-order valence-electron chi connectivity index (χ2n) is 5.67. The van der Waals surface area contributed by atoms with Crippen molar-refractivity contribution in [2.24, 2.45) is 0 Å². The van der Waals surface area contributed by atoms with E-state index >= 15 is 0 Å². The molecular weight excluding hydrogens is 274 g/mol. The Labute approximate surface area is 123 Å². The van der Waals surface area contributed by atoms with Crippen molar-refractivity contribution in [2.75, 3.05) is 31.1 Å². The minimum absolute atomic E-state index is 0.211. The number of hydrogen-bond donors (Lipinski definition) is 1. The molecule has 0 bridgehead atoms. The molecule has 0 amide bonds. The number of carbonyl (C=O) groups is 1. The van der Waals surface area contributed by atoms with Crippen LogP contribution in [0.4, 0.5) is 5.13 Å². The van der Waals surface area contributed by atoms with Gasteiger partial charge < -0.3 is 10.0 Å². The first kappa shape index (κ1) is 13.8. The summed E-state index contributed by atoms with van der Waals surface area (Å²) in [7, 11) is 0. The molecular formula is C14H21N3O2S. The van der Waals surface area contributed by atoms with E-state index in [4.69, 9.17) is 5.11 Å². The second kappa shape index (κ2) is 5.69. The smallest absolute Gasteiger partial charge is 0.355 e. The lowest BCUT2D eigenvalue weighted by molar-refractivity contribution is 0.0690. The van der Waals surface area contributed by atoms with E-state index in [1.54, 1.807) is 0 Å².